The Balaban J connectivity index is 1.80. The molecule has 1 fully saturated rings. The third-order valence-electron chi connectivity index (χ3n) is 4.50. The SMILES string of the molecule is Cc1nc(N)nc2c1C=C(c1ncc[nH]1)CN2C1CCOCC1. The standard InChI is InChI=1S/C16H20N6O/c1-10-13-8-11(14-18-4-5-19-14)9-22(12-2-6-23-7-3-12)15(13)21-16(17)20-10/h4-5,8,12H,2-3,6-7,9H2,1H3,(H,18,19)(H2,17,20,21). The summed E-state index contributed by atoms with van der Waals surface area (Å²) in [7, 11) is 0. The van der Waals surface area contributed by atoms with Crippen LogP contribution in [0.25, 0.3) is 11.6 Å². The highest BCUT2D eigenvalue weighted by molar-refractivity contribution is 5.89. The van der Waals surface area contributed by atoms with Crippen LogP contribution in [0.4, 0.5) is 11.8 Å². The van der Waals surface area contributed by atoms with Gasteiger partial charge < -0.3 is 20.4 Å². The molecule has 0 unspecified atom stereocenters. The van der Waals surface area contributed by atoms with Crippen LogP contribution in [0.1, 0.15) is 29.9 Å². The fourth-order valence-corrected chi connectivity index (χ4v) is 3.34. The van der Waals surface area contributed by atoms with Crippen LogP contribution in [0, 0.1) is 6.92 Å². The monoisotopic (exact) mass is 312 g/mol. The van der Waals surface area contributed by atoms with Crippen molar-refractivity contribution in [3.05, 3.63) is 29.5 Å². The van der Waals surface area contributed by atoms with Crippen molar-refractivity contribution < 1.29 is 4.74 Å². The van der Waals surface area contributed by atoms with E-state index in [1.807, 2.05) is 13.1 Å². The van der Waals surface area contributed by atoms with E-state index in [1.165, 1.54) is 0 Å². The lowest BCUT2D eigenvalue weighted by Gasteiger charge is -2.38. The molecule has 0 bridgehead atoms. The molecule has 4 heterocycles. The average Bonchev–Trinajstić information content (AvgIpc) is 3.09. The first-order valence-electron chi connectivity index (χ1n) is 7.91. The van der Waals surface area contributed by atoms with Gasteiger partial charge in [0.25, 0.3) is 0 Å². The van der Waals surface area contributed by atoms with Gasteiger partial charge in [-0.1, -0.05) is 0 Å². The number of aromatic amines is 1. The molecule has 0 atom stereocenters. The van der Waals surface area contributed by atoms with Crippen LogP contribution in [-0.2, 0) is 4.74 Å². The first-order valence-corrected chi connectivity index (χ1v) is 7.91. The molecule has 4 rings (SSSR count). The van der Waals surface area contributed by atoms with Gasteiger partial charge in [-0.3, -0.25) is 0 Å². The van der Waals surface area contributed by atoms with Crippen LogP contribution in [0.3, 0.4) is 0 Å². The van der Waals surface area contributed by atoms with Gasteiger partial charge in [-0.25, -0.2) is 9.97 Å². The highest BCUT2D eigenvalue weighted by Crippen LogP contribution is 2.35. The summed E-state index contributed by atoms with van der Waals surface area (Å²) >= 11 is 0. The molecule has 0 amide bonds. The zero-order valence-electron chi connectivity index (χ0n) is 13.1. The van der Waals surface area contributed by atoms with Crippen molar-refractivity contribution in [2.45, 2.75) is 25.8 Å². The van der Waals surface area contributed by atoms with E-state index >= 15 is 0 Å². The molecular formula is C16H20N6O. The van der Waals surface area contributed by atoms with E-state index in [9.17, 15) is 0 Å². The number of hydrogen-bond acceptors (Lipinski definition) is 6. The van der Waals surface area contributed by atoms with Crippen LogP contribution in [0.15, 0.2) is 12.4 Å². The van der Waals surface area contributed by atoms with Gasteiger partial charge in [0.1, 0.15) is 11.6 Å². The van der Waals surface area contributed by atoms with Crippen molar-refractivity contribution in [2.24, 2.45) is 0 Å². The summed E-state index contributed by atoms with van der Waals surface area (Å²) in [6.45, 7) is 4.31. The molecule has 0 spiro atoms. The number of nitrogens with one attached hydrogen (secondary N) is 1. The molecule has 7 heteroatoms. The summed E-state index contributed by atoms with van der Waals surface area (Å²) in [5.74, 6) is 2.15. The van der Waals surface area contributed by atoms with E-state index in [0.717, 1.165) is 61.1 Å². The van der Waals surface area contributed by atoms with Crippen molar-refractivity contribution in [1.82, 2.24) is 19.9 Å². The predicted octanol–water partition coefficient (Wildman–Crippen LogP) is 1.63. The first kappa shape index (κ1) is 14.2. The quantitative estimate of drug-likeness (QED) is 0.875. The fraction of sp³-hybridized carbons (Fsp3) is 0.438. The third kappa shape index (κ3) is 2.57. The Kier molecular flexibility index (Phi) is 3.49. The van der Waals surface area contributed by atoms with Crippen molar-refractivity contribution in [2.75, 3.05) is 30.4 Å². The number of aromatic nitrogens is 4. The van der Waals surface area contributed by atoms with E-state index in [0.29, 0.717) is 12.0 Å². The number of aryl methyl sites for hydroxylation is 1. The number of ether oxygens (including phenoxy) is 1. The Hall–Kier alpha value is -2.41. The predicted molar refractivity (Wildman–Crippen MR) is 88.8 cm³/mol. The molecule has 2 aromatic rings. The van der Waals surface area contributed by atoms with Crippen molar-refractivity contribution in [3.63, 3.8) is 0 Å². The Morgan fingerprint density at radius 1 is 1.30 bits per heavy atom. The largest absolute Gasteiger partial charge is 0.381 e. The molecule has 2 aliphatic rings. The molecule has 0 aliphatic carbocycles. The van der Waals surface area contributed by atoms with Gasteiger partial charge in [0.15, 0.2) is 0 Å². The Morgan fingerprint density at radius 2 is 2.13 bits per heavy atom. The number of nitrogens with two attached hydrogens (primary N) is 1. The summed E-state index contributed by atoms with van der Waals surface area (Å²) in [6.07, 6.45) is 7.73. The lowest BCUT2D eigenvalue weighted by atomic mass is 9.99. The topological polar surface area (TPSA) is 92.9 Å². The number of fused-ring (bicyclic) bond motifs is 1. The van der Waals surface area contributed by atoms with Crippen LogP contribution < -0.4 is 10.6 Å². The van der Waals surface area contributed by atoms with Crippen LogP contribution in [0.5, 0.6) is 0 Å². The van der Waals surface area contributed by atoms with Crippen LogP contribution in [-0.4, -0.2) is 45.7 Å². The summed E-state index contributed by atoms with van der Waals surface area (Å²) < 4.78 is 5.51. The smallest absolute Gasteiger partial charge is 0.222 e. The minimum atomic E-state index is 0.327. The van der Waals surface area contributed by atoms with Gasteiger partial charge in [0, 0.05) is 49.3 Å². The van der Waals surface area contributed by atoms with Gasteiger partial charge in [-0.05, 0) is 25.8 Å². The lowest BCUT2D eigenvalue weighted by molar-refractivity contribution is 0.0848. The summed E-state index contributed by atoms with van der Waals surface area (Å²) in [4.78, 5) is 18.8. The maximum Gasteiger partial charge on any atom is 0.222 e. The normalized spacial score (nSPS) is 18.7. The second kappa shape index (κ2) is 5.66. The molecule has 120 valence electrons. The molecule has 23 heavy (non-hydrogen) atoms. The molecule has 3 N–H and O–H groups in total. The molecule has 0 radical (unpaired) electrons. The highest BCUT2D eigenvalue weighted by atomic mass is 16.5. The van der Waals surface area contributed by atoms with E-state index in [4.69, 9.17) is 10.5 Å². The molecule has 1 saturated heterocycles. The molecule has 7 nitrogen and oxygen atoms in total. The van der Waals surface area contributed by atoms with Gasteiger partial charge >= 0.3 is 0 Å². The number of rotatable bonds is 2. The van der Waals surface area contributed by atoms with Crippen molar-refractivity contribution >= 4 is 23.4 Å². The van der Waals surface area contributed by atoms with Gasteiger partial charge in [-0.15, -0.1) is 0 Å². The minimum Gasteiger partial charge on any atom is -0.381 e. The van der Waals surface area contributed by atoms with E-state index in [1.54, 1.807) is 6.20 Å². The molecule has 0 aromatic carbocycles. The second-order valence-corrected chi connectivity index (χ2v) is 5.98. The number of imidazole rings is 1. The van der Waals surface area contributed by atoms with Crippen molar-refractivity contribution in [3.8, 4) is 0 Å². The number of H-pyrrole nitrogens is 1. The summed E-state index contributed by atoms with van der Waals surface area (Å²) in [5.41, 5.74) is 8.96. The number of anilines is 2. The van der Waals surface area contributed by atoms with E-state index in [-0.39, 0.29) is 0 Å². The first-order chi connectivity index (χ1) is 11.2. The van der Waals surface area contributed by atoms with E-state index < -0.39 is 0 Å². The minimum absolute atomic E-state index is 0.327. The highest BCUT2D eigenvalue weighted by Gasteiger charge is 2.30. The van der Waals surface area contributed by atoms with Gasteiger partial charge in [-0.2, -0.15) is 4.98 Å². The molecular weight excluding hydrogens is 292 g/mol. The van der Waals surface area contributed by atoms with Crippen LogP contribution >= 0.6 is 0 Å². The maximum absolute atomic E-state index is 5.89. The number of nitrogens with zero attached hydrogens (tertiary/aromatic N) is 4. The Morgan fingerprint density at radius 3 is 2.87 bits per heavy atom. The number of hydrogen-bond donors (Lipinski definition) is 2. The molecule has 2 aliphatic heterocycles. The van der Waals surface area contributed by atoms with Gasteiger partial charge in [0.05, 0.1) is 5.69 Å². The Labute approximate surface area is 134 Å². The van der Waals surface area contributed by atoms with Crippen molar-refractivity contribution in [1.29, 1.82) is 0 Å². The molecule has 2 aromatic heterocycles. The van der Waals surface area contributed by atoms with Crippen LogP contribution in [0.2, 0.25) is 0 Å². The van der Waals surface area contributed by atoms with Gasteiger partial charge in [0.2, 0.25) is 5.95 Å². The lowest BCUT2D eigenvalue weighted by Crippen LogP contribution is -2.42. The third-order valence-corrected chi connectivity index (χ3v) is 4.50. The fourth-order valence-electron chi connectivity index (χ4n) is 3.34. The molecule has 0 saturated carbocycles. The average molecular weight is 312 g/mol. The summed E-state index contributed by atoms with van der Waals surface area (Å²) in [5, 5.41) is 0. The summed E-state index contributed by atoms with van der Waals surface area (Å²) in [6, 6.07) is 0.398. The maximum atomic E-state index is 5.89. The zero-order valence-corrected chi connectivity index (χ0v) is 13.1. The second-order valence-electron chi connectivity index (χ2n) is 5.98. The number of nitrogen functional groups attached to an aromatic ring is 1. The van der Waals surface area contributed by atoms with E-state index in [2.05, 4.69) is 30.9 Å². The Bertz CT molecular complexity index is 733. The zero-order chi connectivity index (χ0) is 15.8.